The van der Waals surface area contributed by atoms with Gasteiger partial charge in [0.1, 0.15) is 5.82 Å². The molecule has 1 aromatic heterocycles. The first-order valence-corrected chi connectivity index (χ1v) is 9.02. The molecule has 0 saturated carbocycles. The van der Waals surface area contributed by atoms with Crippen LogP contribution in [-0.2, 0) is 17.8 Å². The van der Waals surface area contributed by atoms with Crippen molar-refractivity contribution >= 4 is 11.6 Å². The number of aryl methyl sites for hydroxylation is 1. The maximum absolute atomic E-state index is 12.2. The third-order valence-corrected chi connectivity index (χ3v) is 4.67. The summed E-state index contributed by atoms with van der Waals surface area (Å²) in [6, 6.07) is 7.93. The quantitative estimate of drug-likeness (QED) is 0.902. The fourth-order valence-electron chi connectivity index (χ4n) is 3.26. The Bertz CT molecular complexity index is 707. The molecule has 3 rings (SSSR count). The second-order valence-electron chi connectivity index (χ2n) is 6.66. The zero-order chi connectivity index (χ0) is 16.9. The van der Waals surface area contributed by atoms with Crippen LogP contribution in [0, 0.1) is 5.92 Å². The standard InChI is InChI=1S/C19H26N4O/c1-3-8-14(2)19(24)20-16-10-7-9-15(13-16)18-22-21-17-11-5-4-6-12-23(17)18/h7,9-10,13-14H,3-6,8,11-12H2,1-2H3,(H,20,24). The molecule has 1 aromatic carbocycles. The SMILES string of the molecule is CCCC(C)C(=O)Nc1cccc(-c2nnc3n2CCCCC3)c1. The Kier molecular flexibility index (Phi) is 5.28. The minimum atomic E-state index is 0.0306. The van der Waals surface area contributed by atoms with Crippen LogP contribution in [0.25, 0.3) is 11.4 Å². The summed E-state index contributed by atoms with van der Waals surface area (Å²) in [6.45, 7) is 5.05. The Hall–Kier alpha value is -2.17. The molecule has 0 fully saturated rings. The number of fused-ring (bicyclic) bond motifs is 1. The Morgan fingerprint density at radius 3 is 3.00 bits per heavy atom. The monoisotopic (exact) mass is 326 g/mol. The van der Waals surface area contributed by atoms with Gasteiger partial charge >= 0.3 is 0 Å². The van der Waals surface area contributed by atoms with Gasteiger partial charge in [-0.3, -0.25) is 4.79 Å². The van der Waals surface area contributed by atoms with E-state index >= 15 is 0 Å². The second kappa shape index (κ2) is 7.60. The van der Waals surface area contributed by atoms with Crippen LogP contribution >= 0.6 is 0 Å². The van der Waals surface area contributed by atoms with Gasteiger partial charge in [0.15, 0.2) is 5.82 Å². The average molecular weight is 326 g/mol. The van der Waals surface area contributed by atoms with Gasteiger partial charge in [0, 0.05) is 30.1 Å². The fraction of sp³-hybridized carbons (Fsp3) is 0.526. The number of hydrogen-bond acceptors (Lipinski definition) is 3. The van der Waals surface area contributed by atoms with E-state index < -0.39 is 0 Å². The highest BCUT2D eigenvalue weighted by Gasteiger charge is 2.17. The van der Waals surface area contributed by atoms with E-state index in [1.54, 1.807) is 0 Å². The molecule has 1 unspecified atom stereocenters. The van der Waals surface area contributed by atoms with E-state index in [2.05, 4.69) is 27.0 Å². The highest BCUT2D eigenvalue weighted by molar-refractivity contribution is 5.92. The lowest BCUT2D eigenvalue weighted by Crippen LogP contribution is -2.20. The molecule has 128 valence electrons. The highest BCUT2D eigenvalue weighted by Crippen LogP contribution is 2.25. The Labute approximate surface area is 143 Å². The molecule has 1 amide bonds. The number of rotatable bonds is 5. The molecule has 2 heterocycles. The van der Waals surface area contributed by atoms with E-state index in [9.17, 15) is 4.79 Å². The number of nitrogens with one attached hydrogen (secondary N) is 1. The van der Waals surface area contributed by atoms with Crippen LogP contribution in [0.4, 0.5) is 5.69 Å². The van der Waals surface area contributed by atoms with E-state index in [4.69, 9.17) is 0 Å². The zero-order valence-electron chi connectivity index (χ0n) is 14.6. The van der Waals surface area contributed by atoms with E-state index in [1.165, 1.54) is 19.3 Å². The predicted molar refractivity (Wildman–Crippen MR) is 95.7 cm³/mol. The summed E-state index contributed by atoms with van der Waals surface area (Å²) in [5, 5.41) is 11.8. The van der Waals surface area contributed by atoms with Crippen molar-refractivity contribution < 1.29 is 4.79 Å². The molecule has 0 aliphatic carbocycles. The first-order chi connectivity index (χ1) is 11.7. The summed E-state index contributed by atoms with van der Waals surface area (Å²) in [7, 11) is 0. The van der Waals surface area contributed by atoms with Crippen molar-refractivity contribution in [3.63, 3.8) is 0 Å². The summed E-state index contributed by atoms with van der Waals surface area (Å²) in [4.78, 5) is 12.2. The molecule has 5 heteroatoms. The summed E-state index contributed by atoms with van der Waals surface area (Å²) in [6.07, 6.45) is 6.52. The number of aromatic nitrogens is 3. The minimum absolute atomic E-state index is 0.0306. The van der Waals surface area contributed by atoms with E-state index in [0.717, 1.165) is 48.7 Å². The van der Waals surface area contributed by atoms with Gasteiger partial charge < -0.3 is 9.88 Å². The number of amides is 1. The maximum atomic E-state index is 12.2. The van der Waals surface area contributed by atoms with Gasteiger partial charge in [-0.25, -0.2) is 0 Å². The molecule has 1 aliphatic heterocycles. The van der Waals surface area contributed by atoms with Gasteiger partial charge in [-0.05, 0) is 31.4 Å². The molecule has 1 aliphatic rings. The van der Waals surface area contributed by atoms with Crippen molar-refractivity contribution in [2.45, 2.75) is 58.9 Å². The van der Waals surface area contributed by atoms with E-state index in [0.29, 0.717) is 0 Å². The second-order valence-corrected chi connectivity index (χ2v) is 6.66. The first-order valence-electron chi connectivity index (χ1n) is 9.02. The van der Waals surface area contributed by atoms with Crippen molar-refractivity contribution in [3.8, 4) is 11.4 Å². The molecule has 0 spiro atoms. The molecule has 1 atom stereocenters. The number of nitrogens with zero attached hydrogens (tertiary/aromatic N) is 3. The van der Waals surface area contributed by atoms with Crippen LogP contribution in [0.3, 0.4) is 0 Å². The van der Waals surface area contributed by atoms with Crippen LogP contribution in [0.5, 0.6) is 0 Å². The summed E-state index contributed by atoms with van der Waals surface area (Å²) < 4.78 is 2.23. The van der Waals surface area contributed by atoms with E-state index in [1.807, 2.05) is 31.2 Å². The third kappa shape index (κ3) is 3.66. The molecule has 0 saturated heterocycles. The number of carbonyl (C=O) groups is 1. The zero-order valence-corrected chi connectivity index (χ0v) is 14.6. The van der Waals surface area contributed by atoms with Crippen molar-refractivity contribution in [2.24, 2.45) is 5.92 Å². The Morgan fingerprint density at radius 2 is 2.17 bits per heavy atom. The summed E-state index contributed by atoms with van der Waals surface area (Å²) in [5.41, 5.74) is 1.84. The Balaban J connectivity index is 1.81. The van der Waals surface area contributed by atoms with Gasteiger partial charge in [-0.2, -0.15) is 0 Å². The topological polar surface area (TPSA) is 59.8 Å². The van der Waals surface area contributed by atoms with Gasteiger partial charge in [0.25, 0.3) is 0 Å². The molecule has 2 aromatic rings. The van der Waals surface area contributed by atoms with Crippen molar-refractivity contribution in [1.29, 1.82) is 0 Å². The van der Waals surface area contributed by atoms with Crippen LogP contribution in [0.1, 0.15) is 51.8 Å². The fourth-order valence-corrected chi connectivity index (χ4v) is 3.26. The molecule has 5 nitrogen and oxygen atoms in total. The van der Waals surface area contributed by atoms with Gasteiger partial charge in [-0.15, -0.1) is 10.2 Å². The van der Waals surface area contributed by atoms with E-state index in [-0.39, 0.29) is 11.8 Å². The molecular weight excluding hydrogens is 300 g/mol. The molecule has 24 heavy (non-hydrogen) atoms. The van der Waals surface area contributed by atoms with Crippen LogP contribution in [-0.4, -0.2) is 20.7 Å². The number of anilines is 1. The molecule has 0 radical (unpaired) electrons. The highest BCUT2D eigenvalue weighted by atomic mass is 16.1. The lowest BCUT2D eigenvalue weighted by Gasteiger charge is -2.12. The van der Waals surface area contributed by atoms with Gasteiger partial charge in [0.05, 0.1) is 0 Å². The molecular formula is C19H26N4O. The first kappa shape index (κ1) is 16.7. The normalized spacial score (nSPS) is 15.4. The third-order valence-electron chi connectivity index (χ3n) is 4.67. The summed E-state index contributed by atoms with van der Waals surface area (Å²) in [5.74, 6) is 2.09. The van der Waals surface area contributed by atoms with Crippen molar-refractivity contribution in [1.82, 2.24) is 14.8 Å². The lowest BCUT2D eigenvalue weighted by molar-refractivity contribution is -0.119. The van der Waals surface area contributed by atoms with Crippen LogP contribution in [0.15, 0.2) is 24.3 Å². The number of hydrogen-bond donors (Lipinski definition) is 1. The van der Waals surface area contributed by atoms with Gasteiger partial charge in [0.2, 0.25) is 5.91 Å². The number of benzene rings is 1. The van der Waals surface area contributed by atoms with Crippen LogP contribution in [0.2, 0.25) is 0 Å². The molecule has 1 N–H and O–H groups in total. The molecule has 0 bridgehead atoms. The predicted octanol–water partition coefficient (Wildman–Crippen LogP) is 4.05. The lowest BCUT2D eigenvalue weighted by atomic mass is 10.1. The van der Waals surface area contributed by atoms with Gasteiger partial charge in [-0.1, -0.05) is 38.8 Å². The minimum Gasteiger partial charge on any atom is -0.326 e. The largest absolute Gasteiger partial charge is 0.326 e. The summed E-state index contributed by atoms with van der Waals surface area (Å²) >= 11 is 0. The smallest absolute Gasteiger partial charge is 0.227 e. The maximum Gasteiger partial charge on any atom is 0.227 e. The average Bonchev–Trinajstić information content (AvgIpc) is 2.84. The van der Waals surface area contributed by atoms with Crippen LogP contribution < -0.4 is 5.32 Å². The van der Waals surface area contributed by atoms with Crippen molar-refractivity contribution in [3.05, 3.63) is 30.1 Å². The Morgan fingerprint density at radius 1 is 1.29 bits per heavy atom. The van der Waals surface area contributed by atoms with Crippen molar-refractivity contribution in [2.75, 3.05) is 5.32 Å². The number of carbonyl (C=O) groups excluding carboxylic acids is 1.